The van der Waals surface area contributed by atoms with Crippen molar-refractivity contribution >= 4 is 17.7 Å². The molecule has 3 heteroatoms. The van der Waals surface area contributed by atoms with Crippen LogP contribution in [0.5, 0.6) is 0 Å². The molecule has 0 saturated heterocycles. The number of carbonyl (C=O) groups excluding carboxylic acids is 1. The Kier molecular flexibility index (Phi) is 5.45. The Balaban J connectivity index is 2.32. The summed E-state index contributed by atoms with van der Waals surface area (Å²) in [5.41, 5.74) is 3.34. The lowest BCUT2D eigenvalue weighted by Gasteiger charge is -2.17. The number of benzene rings is 2. The van der Waals surface area contributed by atoms with Crippen molar-refractivity contribution in [1.82, 2.24) is 0 Å². The van der Waals surface area contributed by atoms with E-state index in [4.69, 9.17) is 4.74 Å². The number of thioether (sulfide) groups is 1. The molecule has 0 heterocycles. The number of rotatable bonds is 5. The highest BCUT2D eigenvalue weighted by Gasteiger charge is 2.23. The van der Waals surface area contributed by atoms with E-state index in [-0.39, 0.29) is 11.2 Å². The molecule has 0 bridgehead atoms. The predicted molar refractivity (Wildman–Crippen MR) is 87.6 cm³/mol. The summed E-state index contributed by atoms with van der Waals surface area (Å²) >= 11 is 1.56. The molecule has 1 atom stereocenters. The Morgan fingerprint density at radius 3 is 2.52 bits per heavy atom. The van der Waals surface area contributed by atoms with Gasteiger partial charge in [-0.05, 0) is 38.0 Å². The fraction of sp³-hybridized carbons (Fsp3) is 0.278. The molecule has 0 fully saturated rings. The summed E-state index contributed by atoms with van der Waals surface area (Å²) in [6.45, 7) is 6.36. The molecule has 0 aliphatic carbocycles. The minimum atomic E-state index is -0.327. The van der Waals surface area contributed by atoms with E-state index in [1.54, 1.807) is 11.8 Å². The van der Waals surface area contributed by atoms with Gasteiger partial charge in [-0.3, -0.25) is 4.79 Å². The lowest BCUT2D eigenvalue weighted by atomic mass is 10.1. The number of esters is 1. The summed E-state index contributed by atoms with van der Waals surface area (Å²) in [6.07, 6.45) is 0. The zero-order valence-corrected chi connectivity index (χ0v) is 13.4. The van der Waals surface area contributed by atoms with Gasteiger partial charge in [0.1, 0.15) is 5.25 Å². The molecule has 2 rings (SSSR count). The third-order valence-corrected chi connectivity index (χ3v) is 4.59. The molecule has 0 amide bonds. The molecule has 0 aromatic heterocycles. The second kappa shape index (κ2) is 7.32. The van der Waals surface area contributed by atoms with Crippen LogP contribution in [0.1, 0.15) is 28.9 Å². The first-order chi connectivity index (χ1) is 10.1. The maximum absolute atomic E-state index is 12.3. The summed E-state index contributed by atoms with van der Waals surface area (Å²) in [4.78, 5) is 13.4. The second-order valence-corrected chi connectivity index (χ2v) is 6.08. The van der Waals surface area contributed by atoms with Crippen LogP contribution >= 0.6 is 11.8 Å². The van der Waals surface area contributed by atoms with Gasteiger partial charge >= 0.3 is 5.97 Å². The number of carbonyl (C=O) groups is 1. The summed E-state index contributed by atoms with van der Waals surface area (Å²) in [5, 5.41) is -0.327. The van der Waals surface area contributed by atoms with Crippen molar-refractivity contribution in [3.05, 3.63) is 65.2 Å². The van der Waals surface area contributed by atoms with Gasteiger partial charge in [0, 0.05) is 4.90 Å². The molecule has 0 N–H and O–H groups in total. The van der Waals surface area contributed by atoms with E-state index >= 15 is 0 Å². The minimum absolute atomic E-state index is 0.186. The molecule has 2 nitrogen and oxygen atoms in total. The largest absolute Gasteiger partial charge is 0.465 e. The quantitative estimate of drug-likeness (QED) is 0.591. The molecule has 2 aromatic carbocycles. The molecule has 0 aliphatic rings. The van der Waals surface area contributed by atoms with Gasteiger partial charge in [0.05, 0.1) is 6.61 Å². The fourth-order valence-corrected chi connectivity index (χ4v) is 3.28. The van der Waals surface area contributed by atoms with Crippen molar-refractivity contribution in [2.24, 2.45) is 0 Å². The van der Waals surface area contributed by atoms with E-state index in [2.05, 4.69) is 32.0 Å². The van der Waals surface area contributed by atoms with Crippen LogP contribution in [-0.4, -0.2) is 12.6 Å². The minimum Gasteiger partial charge on any atom is -0.465 e. The van der Waals surface area contributed by atoms with Crippen molar-refractivity contribution < 1.29 is 9.53 Å². The molecule has 0 radical (unpaired) electrons. The van der Waals surface area contributed by atoms with E-state index in [1.165, 1.54) is 11.1 Å². The summed E-state index contributed by atoms with van der Waals surface area (Å²) < 4.78 is 5.24. The summed E-state index contributed by atoms with van der Waals surface area (Å²) in [7, 11) is 0. The maximum atomic E-state index is 12.3. The van der Waals surface area contributed by atoms with Crippen molar-refractivity contribution in [2.75, 3.05) is 6.61 Å². The number of hydrogen-bond acceptors (Lipinski definition) is 3. The highest BCUT2D eigenvalue weighted by Crippen LogP contribution is 2.38. The monoisotopic (exact) mass is 300 g/mol. The smallest absolute Gasteiger partial charge is 0.323 e. The normalized spacial score (nSPS) is 12.0. The Bertz CT molecular complexity index is 608. The van der Waals surface area contributed by atoms with Gasteiger partial charge in [0.15, 0.2) is 0 Å². The third-order valence-electron chi connectivity index (χ3n) is 3.19. The molecule has 2 aromatic rings. The number of ether oxygens (including phenoxy) is 1. The van der Waals surface area contributed by atoms with Crippen LogP contribution in [0.25, 0.3) is 0 Å². The van der Waals surface area contributed by atoms with Gasteiger partial charge in [0.2, 0.25) is 0 Å². The van der Waals surface area contributed by atoms with E-state index in [0.717, 1.165) is 10.5 Å². The summed E-state index contributed by atoms with van der Waals surface area (Å²) in [5.74, 6) is -0.186. The van der Waals surface area contributed by atoms with Gasteiger partial charge in [0.25, 0.3) is 0 Å². The highest BCUT2D eigenvalue weighted by atomic mass is 32.2. The zero-order valence-electron chi connectivity index (χ0n) is 12.6. The van der Waals surface area contributed by atoms with Crippen LogP contribution in [0.3, 0.4) is 0 Å². The summed E-state index contributed by atoms with van der Waals surface area (Å²) in [6, 6.07) is 16.1. The van der Waals surface area contributed by atoms with Gasteiger partial charge in [-0.25, -0.2) is 0 Å². The lowest BCUT2D eigenvalue weighted by Crippen LogP contribution is -2.13. The van der Waals surface area contributed by atoms with Crippen LogP contribution in [-0.2, 0) is 9.53 Å². The van der Waals surface area contributed by atoms with E-state index in [0.29, 0.717) is 6.61 Å². The topological polar surface area (TPSA) is 26.3 Å². The Labute approximate surface area is 130 Å². The average Bonchev–Trinajstić information content (AvgIpc) is 2.49. The van der Waals surface area contributed by atoms with Gasteiger partial charge in [-0.15, -0.1) is 11.8 Å². The fourth-order valence-electron chi connectivity index (χ4n) is 2.06. The molecule has 0 spiro atoms. The van der Waals surface area contributed by atoms with Crippen LogP contribution in [0.15, 0.2) is 53.4 Å². The molecule has 0 aliphatic heterocycles. The standard InChI is InChI=1S/C18H20O2S/c1-4-20-18(19)17(15-8-6-5-7-9-15)21-16-12-13(2)10-11-14(16)3/h5-12,17H,4H2,1-3H3. The first-order valence-electron chi connectivity index (χ1n) is 7.07. The van der Waals surface area contributed by atoms with Crippen LogP contribution in [0, 0.1) is 13.8 Å². The molecule has 0 saturated carbocycles. The lowest BCUT2D eigenvalue weighted by molar-refractivity contribution is -0.142. The Morgan fingerprint density at radius 1 is 1.14 bits per heavy atom. The van der Waals surface area contributed by atoms with E-state index < -0.39 is 0 Å². The number of hydrogen-bond donors (Lipinski definition) is 0. The molecular weight excluding hydrogens is 280 g/mol. The Morgan fingerprint density at radius 2 is 1.86 bits per heavy atom. The second-order valence-electron chi connectivity index (χ2n) is 4.93. The Hall–Kier alpha value is -1.74. The number of aryl methyl sites for hydroxylation is 2. The average molecular weight is 300 g/mol. The van der Waals surface area contributed by atoms with E-state index in [9.17, 15) is 4.79 Å². The molecule has 21 heavy (non-hydrogen) atoms. The molecule has 110 valence electrons. The first-order valence-corrected chi connectivity index (χ1v) is 7.95. The van der Waals surface area contributed by atoms with Crippen LogP contribution in [0.2, 0.25) is 0 Å². The maximum Gasteiger partial charge on any atom is 0.323 e. The van der Waals surface area contributed by atoms with Gasteiger partial charge < -0.3 is 4.74 Å². The highest BCUT2D eigenvalue weighted by molar-refractivity contribution is 8.00. The van der Waals surface area contributed by atoms with Crippen molar-refractivity contribution in [2.45, 2.75) is 30.9 Å². The van der Waals surface area contributed by atoms with E-state index in [1.807, 2.05) is 37.3 Å². The first kappa shape index (κ1) is 15.6. The molecule has 1 unspecified atom stereocenters. The third kappa shape index (κ3) is 4.11. The van der Waals surface area contributed by atoms with Crippen molar-refractivity contribution in [3.8, 4) is 0 Å². The molecular formula is C18H20O2S. The van der Waals surface area contributed by atoms with Crippen LogP contribution < -0.4 is 0 Å². The van der Waals surface area contributed by atoms with Gasteiger partial charge in [-0.1, -0.05) is 48.0 Å². The van der Waals surface area contributed by atoms with Gasteiger partial charge in [-0.2, -0.15) is 0 Å². The van der Waals surface area contributed by atoms with Crippen molar-refractivity contribution in [1.29, 1.82) is 0 Å². The predicted octanol–water partition coefficient (Wildman–Crippen LogP) is 4.70. The SMILES string of the molecule is CCOC(=O)C(Sc1cc(C)ccc1C)c1ccccc1. The zero-order chi connectivity index (χ0) is 15.2. The van der Waals surface area contributed by atoms with Crippen molar-refractivity contribution in [3.63, 3.8) is 0 Å². The van der Waals surface area contributed by atoms with Crippen LogP contribution in [0.4, 0.5) is 0 Å².